The van der Waals surface area contributed by atoms with E-state index < -0.39 is 11.7 Å². The normalized spacial score (nSPS) is 10.9. The van der Waals surface area contributed by atoms with E-state index >= 15 is 0 Å². The van der Waals surface area contributed by atoms with E-state index in [4.69, 9.17) is 0 Å². The first-order valence-electron chi connectivity index (χ1n) is 3.76. The van der Waals surface area contributed by atoms with Gasteiger partial charge in [-0.3, -0.25) is 0 Å². The Kier molecular flexibility index (Phi) is 6.21. The molecule has 1 rings (SSSR count). The number of rotatable bonds is 2. The number of hydrogen-bond donors (Lipinski definition) is 0. The van der Waals surface area contributed by atoms with Crippen LogP contribution in [0.5, 0.6) is 0 Å². The summed E-state index contributed by atoms with van der Waals surface area (Å²) < 4.78 is 37.2. The predicted octanol–water partition coefficient (Wildman–Crippen LogP) is 3.68. The minimum absolute atomic E-state index is 0. The van der Waals surface area contributed by atoms with Gasteiger partial charge in [-0.05, 0) is 24.1 Å². The van der Waals surface area contributed by atoms with Crippen molar-refractivity contribution in [3.8, 4) is 0 Å². The molecule has 0 saturated heterocycles. The molecule has 5 heteroatoms. The van der Waals surface area contributed by atoms with Crippen LogP contribution in [0.3, 0.4) is 0 Å². The fourth-order valence-electron chi connectivity index (χ4n) is 0.970. The molecule has 0 N–H and O–H groups in total. The van der Waals surface area contributed by atoms with Crippen molar-refractivity contribution in [2.24, 2.45) is 0 Å². The number of aryl methyl sites for hydroxylation is 1. The molecule has 74 valence electrons. The fourth-order valence-corrected chi connectivity index (χ4v) is 1.59. The summed E-state index contributed by atoms with van der Waals surface area (Å²) in [6.07, 6.45) is -3.40. The first kappa shape index (κ1) is 14.4. The molecular weight excluding hydrogens is 357 g/mol. The third-order valence-corrected chi connectivity index (χ3v) is 2.20. The molecule has 0 radical (unpaired) electrons. The average molecular weight is 365 g/mol. The molecule has 0 saturated carbocycles. The molecule has 0 unspecified atom stereocenters. The van der Waals surface area contributed by atoms with Crippen LogP contribution in [0, 0.1) is 0 Å². The smallest absolute Gasteiger partial charge is 0.166 e. The maximum absolute atomic E-state index is 12.1. The molecule has 0 amide bonds. The summed E-state index contributed by atoms with van der Waals surface area (Å²) in [6.45, 7) is 0. The predicted molar refractivity (Wildman–Crippen MR) is 54.0 cm³/mol. The van der Waals surface area contributed by atoms with E-state index in [1.54, 1.807) is 0 Å². The molecule has 0 aliphatic heterocycles. The third kappa shape index (κ3) is 4.26. The van der Waals surface area contributed by atoms with Gasteiger partial charge in [0, 0.05) is 23.9 Å². The Hall–Kier alpha value is 0.363. The summed E-state index contributed by atoms with van der Waals surface area (Å²) in [6, 6.07) is 5.31. The first-order chi connectivity index (χ1) is 6.04. The molecule has 0 nitrogen and oxygen atoms in total. The van der Waals surface area contributed by atoms with Crippen LogP contribution in [0.25, 0.3) is 0 Å². The van der Waals surface area contributed by atoms with Crippen molar-refractivity contribution in [2.45, 2.75) is 12.6 Å². The summed E-state index contributed by atoms with van der Waals surface area (Å²) in [4.78, 5) is 0. The zero-order valence-corrected chi connectivity index (χ0v) is 12.6. The topological polar surface area (TPSA) is 0 Å². The Labute approximate surface area is 107 Å². The molecule has 0 bridgehead atoms. The molecule has 0 heterocycles. The molecule has 0 fully saturated rings. The Balaban J connectivity index is 0.00000169. The number of benzene rings is 1. The minimum Gasteiger partial charge on any atom is -0.166 e. The summed E-state index contributed by atoms with van der Waals surface area (Å²) in [5.74, 6) is 0. The van der Waals surface area contributed by atoms with Gasteiger partial charge in [0.1, 0.15) is 0 Å². The molecule has 0 aliphatic carbocycles. The number of halogens is 4. The van der Waals surface area contributed by atoms with E-state index in [9.17, 15) is 13.2 Å². The molecule has 0 aromatic heterocycles. The van der Waals surface area contributed by atoms with Crippen molar-refractivity contribution in [1.29, 1.82) is 0 Å². The van der Waals surface area contributed by atoms with E-state index in [1.807, 2.05) is 0 Å². The SMILES string of the molecule is FC(F)(F)c1ccc(CCI)cc1.[Zn]. The molecule has 0 atom stereocenters. The van der Waals surface area contributed by atoms with E-state index in [1.165, 1.54) is 12.1 Å². The van der Waals surface area contributed by atoms with Crippen LogP contribution in [0.4, 0.5) is 13.2 Å². The van der Waals surface area contributed by atoms with Crippen molar-refractivity contribution < 1.29 is 32.6 Å². The average Bonchev–Trinajstić information content (AvgIpc) is 2.04. The van der Waals surface area contributed by atoms with Crippen molar-refractivity contribution in [2.75, 3.05) is 4.43 Å². The molecule has 0 aliphatic rings. The molecule has 0 spiro atoms. The zero-order valence-electron chi connectivity index (χ0n) is 7.44. The Morgan fingerprint density at radius 2 is 1.57 bits per heavy atom. The van der Waals surface area contributed by atoms with Crippen LogP contribution in [0.15, 0.2) is 24.3 Å². The largest absolute Gasteiger partial charge is 0.416 e. The monoisotopic (exact) mass is 364 g/mol. The van der Waals surface area contributed by atoms with Crippen molar-refractivity contribution in [3.63, 3.8) is 0 Å². The van der Waals surface area contributed by atoms with Crippen LogP contribution in [0.2, 0.25) is 0 Å². The standard InChI is InChI=1S/C9H8F3I.Zn/c10-9(11,12)8-3-1-7(2-4-8)5-6-13;/h1-4H,5-6H2;. The van der Waals surface area contributed by atoms with E-state index in [0.29, 0.717) is 0 Å². The maximum Gasteiger partial charge on any atom is 0.416 e. The van der Waals surface area contributed by atoms with Gasteiger partial charge in [-0.2, -0.15) is 13.2 Å². The van der Waals surface area contributed by atoms with E-state index in [2.05, 4.69) is 22.6 Å². The van der Waals surface area contributed by atoms with E-state index in [-0.39, 0.29) is 19.5 Å². The van der Waals surface area contributed by atoms with Gasteiger partial charge < -0.3 is 0 Å². The quantitative estimate of drug-likeness (QED) is 0.426. The van der Waals surface area contributed by atoms with Gasteiger partial charge in [0.05, 0.1) is 5.56 Å². The second kappa shape index (κ2) is 6.06. The molecule has 1 aromatic rings. The van der Waals surface area contributed by atoms with Crippen LogP contribution < -0.4 is 0 Å². The molecule has 1 aromatic carbocycles. The van der Waals surface area contributed by atoms with Crippen molar-refractivity contribution >= 4 is 22.6 Å². The molecule has 14 heavy (non-hydrogen) atoms. The second-order valence-corrected chi connectivity index (χ2v) is 3.71. The Bertz CT molecular complexity index is 268. The Morgan fingerprint density at radius 3 is 1.93 bits per heavy atom. The Morgan fingerprint density at radius 1 is 1.07 bits per heavy atom. The third-order valence-electron chi connectivity index (χ3n) is 1.66. The van der Waals surface area contributed by atoms with Crippen LogP contribution in [-0.4, -0.2) is 4.43 Å². The van der Waals surface area contributed by atoms with Gasteiger partial charge in [0.2, 0.25) is 0 Å². The van der Waals surface area contributed by atoms with Crippen molar-refractivity contribution in [3.05, 3.63) is 35.4 Å². The molecular formula is C9H8F3IZn. The van der Waals surface area contributed by atoms with Gasteiger partial charge in [-0.25, -0.2) is 0 Å². The van der Waals surface area contributed by atoms with Crippen LogP contribution in [-0.2, 0) is 32.1 Å². The van der Waals surface area contributed by atoms with Gasteiger partial charge in [-0.1, -0.05) is 34.7 Å². The van der Waals surface area contributed by atoms with E-state index in [0.717, 1.165) is 28.5 Å². The first-order valence-corrected chi connectivity index (χ1v) is 5.28. The second-order valence-electron chi connectivity index (χ2n) is 2.63. The fraction of sp³-hybridized carbons (Fsp3) is 0.333. The van der Waals surface area contributed by atoms with Gasteiger partial charge in [0.15, 0.2) is 0 Å². The van der Waals surface area contributed by atoms with Gasteiger partial charge >= 0.3 is 6.18 Å². The number of alkyl halides is 4. The van der Waals surface area contributed by atoms with Gasteiger partial charge in [0.25, 0.3) is 0 Å². The summed E-state index contributed by atoms with van der Waals surface area (Å²) >= 11 is 2.19. The summed E-state index contributed by atoms with van der Waals surface area (Å²) in [5, 5.41) is 0. The number of hydrogen-bond acceptors (Lipinski definition) is 0. The summed E-state index contributed by atoms with van der Waals surface area (Å²) in [7, 11) is 0. The zero-order chi connectivity index (χ0) is 9.90. The van der Waals surface area contributed by atoms with Crippen LogP contribution >= 0.6 is 22.6 Å². The van der Waals surface area contributed by atoms with Crippen LogP contribution in [0.1, 0.15) is 11.1 Å². The van der Waals surface area contributed by atoms with Crippen molar-refractivity contribution in [1.82, 2.24) is 0 Å². The summed E-state index contributed by atoms with van der Waals surface area (Å²) in [5.41, 5.74) is 0.368. The van der Waals surface area contributed by atoms with Gasteiger partial charge in [-0.15, -0.1) is 0 Å². The maximum atomic E-state index is 12.1. The minimum atomic E-state index is -4.22.